The van der Waals surface area contributed by atoms with Gasteiger partial charge in [-0.05, 0) is 24.3 Å². The number of benzene rings is 1. The first-order chi connectivity index (χ1) is 9.65. The zero-order chi connectivity index (χ0) is 14.1. The first kappa shape index (κ1) is 12.5. The monoisotopic (exact) mass is 270 g/mol. The molecule has 102 valence electrons. The SMILES string of the molecule is CCc1ccc(C(=O)Nc2ccc3nc(C)oc3c2)o1. The largest absolute Gasteiger partial charge is 0.456 e. The van der Waals surface area contributed by atoms with Crippen molar-refractivity contribution in [1.82, 2.24) is 4.98 Å². The number of hydrogen-bond donors (Lipinski definition) is 1. The van der Waals surface area contributed by atoms with Crippen molar-refractivity contribution < 1.29 is 13.6 Å². The van der Waals surface area contributed by atoms with E-state index in [4.69, 9.17) is 8.83 Å². The van der Waals surface area contributed by atoms with E-state index < -0.39 is 0 Å². The molecule has 1 N–H and O–H groups in total. The molecule has 5 heteroatoms. The van der Waals surface area contributed by atoms with Gasteiger partial charge in [0.25, 0.3) is 5.91 Å². The molecule has 0 radical (unpaired) electrons. The van der Waals surface area contributed by atoms with Crippen molar-refractivity contribution >= 4 is 22.7 Å². The quantitative estimate of drug-likeness (QED) is 0.790. The maximum atomic E-state index is 12.0. The predicted octanol–water partition coefficient (Wildman–Crippen LogP) is 3.54. The highest BCUT2D eigenvalue weighted by atomic mass is 16.4. The van der Waals surface area contributed by atoms with Gasteiger partial charge < -0.3 is 14.2 Å². The Kier molecular flexibility index (Phi) is 3.02. The third-order valence-electron chi connectivity index (χ3n) is 2.99. The molecule has 0 unspecified atom stereocenters. The van der Waals surface area contributed by atoms with Crippen LogP contribution in [0.25, 0.3) is 11.1 Å². The lowest BCUT2D eigenvalue weighted by molar-refractivity contribution is 0.0995. The van der Waals surface area contributed by atoms with Crippen molar-refractivity contribution in [2.45, 2.75) is 20.3 Å². The van der Waals surface area contributed by atoms with Crippen LogP contribution in [0.1, 0.15) is 29.1 Å². The van der Waals surface area contributed by atoms with Crippen LogP contribution < -0.4 is 5.32 Å². The van der Waals surface area contributed by atoms with E-state index >= 15 is 0 Å². The lowest BCUT2D eigenvalue weighted by atomic mass is 10.3. The first-order valence-corrected chi connectivity index (χ1v) is 6.43. The third kappa shape index (κ3) is 2.30. The number of aromatic nitrogens is 1. The van der Waals surface area contributed by atoms with E-state index in [1.54, 1.807) is 37.3 Å². The Morgan fingerprint density at radius 3 is 2.85 bits per heavy atom. The summed E-state index contributed by atoms with van der Waals surface area (Å²) < 4.78 is 10.8. The van der Waals surface area contributed by atoms with E-state index in [9.17, 15) is 4.79 Å². The van der Waals surface area contributed by atoms with Gasteiger partial charge in [-0.15, -0.1) is 0 Å². The van der Waals surface area contributed by atoms with Gasteiger partial charge in [-0.25, -0.2) is 4.98 Å². The number of carbonyl (C=O) groups excluding carboxylic acids is 1. The second kappa shape index (κ2) is 4.85. The van der Waals surface area contributed by atoms with Crippen molar-refractivity contribution in [3.05, 3.63) is 47.7 Å². The van der Waals surface area contributed by atoms with E-state index in [1.807, 2.05) is 6.92 Å². The average Bonchev–Trinajstić information content (AvgIpc) is 3.03. The van der Waals surface area contributed by atoms with Gasteiger partial charge in [-0.2, -0.15) is 0 Å². The van der Waals surface area contributed by atoms with Crippen LogP contribution in [-0.2, 0) is 6.42 Å². The number of fused-ring (bicyclic) bond motifs is 1. The van der Waals surface area contributed by atoms with Crippen molar-refractivity contribution in [1.29, 1.82) is 0 Å². The Hall–Kier alpha value is -2.56. The number of hydrogen-bond acceptors (Lipinski definition) is 4. The summed E-state index contributed by atoms with van der Waals surface area (Å²) in [6.45, 7) is 3.76. The number of anilines is 1. The van der Waals surface area contributed by atoms with Gasteiger partial charge in [-0.3, -0.25) is 4.79 Å². The van der Waals surface area contributed by atoms with Crippen LogP contribution in [-0.4, -0.2) is 10.9 Å². The number of rotatable bonds is 3. The van der Waals surface area contributed by atoms with Crippen molar-refractivity contribution in [3.8, 4) is 0 Å². The van der Waals surface area contributed by atoms with E-state index in [0.717, 1.165) is 17.7 Å². The number of nitrogens with zero attached hydrogens (tertiary/aromatic N) is 1. The fourth-order valence-electron chi connectivity index (χ4n) is 2.00. The Balaban J connectivity index is 1.82. The minimum absolute atomic E-state index is 0.278. The van der Waals surface area contributed by atoms with Gasteiger partial charge in [-0.1, -0.05) is 6.92 Å². The molecule has 0 saturated carbocycles. The van der Waals surface area contributed by atoms with Crippen molar-refractivity contribution in [2.24, 2.45) is 0 Å². The molecule has 0 aliphatic carbocycles. The molecule has 2 heterocycles. The Morgan fingerprint density at radius 1 is 1.25 bits per heavy atom. The minimum atomic E-state index is -0.278. The molecule has 3 rings (SSSR count). The summed E-state index contributed by atoms with van der Waals surface area (Å²) in [6, 6.07) is 8.81. The summed E-state index contributed by atoms with van der Waals surface area (Å²) in [4.78, 5) is 16.2. The van der Waals surface area contributed by atoms with Crippen LogP contribution >= 0.6 is 0 Å². The number of carbonyl (C=O) groups is 1. The van der Waals surface area contributed by atoms with E-state index in [-0.39, 0.29) is 5.91 Å². The lowest BCUT2D eigenvalue weighted by Gasteiger charge is -2.02. The normalized spacial score (nSPS) is 10.9. The molecule has 0 spiro atoms. The molecule has 0 aliphatic heterocycles. The van der Waals surface area contributed by atoms with Crippen LogP contribution in [0.4, 0.5) is 5.69 Å². The number of furan rings is 1. The summed E-state index contributed by atoms with van der Waals surface area (Å²) >= 11 is 0. The maximum absolute atomic E-state index is 12.0. The second-order valence-electron chi connectivity index (χ2n) is 4.49. The Morgan fingerprint density at radius 2 is 2.10 bits per heavy atom. The molecule has 0 saturated heterocycles. The summed E-state index contributed by atoms with van der Waals surface area (Å²) in [6.07, 6.45) is 0.760. The molecule has 3 aromatic rings. The Bertz CT molecular complexity index is 770. The van der Waals surface area contributed by atoms with Crippen LogP contribution in [0.5, 0.6) is 0 Å². The van der Waals surface area contributed by atoms with Crippen molar-refractivity contribution in [2.75, 3.05) is 5.32 Å². The topological polar surface area (TPSA) is 68.3 Å². The average molecular weight is 270 g/mol. The smallest absolute Gasteiger partial charge is 0.291 e. The van der Waals surface area contributed by atoms with Gasteiger partial charge in [0.1, 0.15) is 11.3 Å². The first-order valence-electron chi connectivity index (χ1n) is 6.43. The summed E-state index contributed by atoms with van der Waals surface area (Å²) in [5.41, 5.74) is 2.06. The molecule has 20 heavy (non-hydrogen) atoms. The lowest BCUT2D eigenvalue weighted by Crippen LogP contribution is -2.10. The molecule has 0 aliphatic rings. The zero-order valence-corrected chi connectivity index (χ0v) is 11.3. The van der Waals surface area contributed by atoms with E-state index in [1.165, 1.54) is 0 Å². The molecule has 2 aromatic heterocycles. The van der Waals surface area contributed by atoms with Gasteiger partial charge in [0.2, 0.25) is 0 Å². The molecule has 0 bridgehead atoms. The number of aryl methyl sites for hydroxylation is 2. The molecule has 1 amide bonds. The zero-order valence-electron chi connectivity index (χ0n) is 11.3. The summed E-state index contributed by atoms with van der Waals surface area (Å²) in [5.74, 6) is 1.41. The molecule has 0 fully saturated rings. The fourth-order valence-corrected chi connectivity index (χ4v) is 2.00. The van der Waals surface area contributed by atoms with Gasteiger partial charge in [0, 0.05) is 25.1 Å². The van der Waals surface area contributed by atoms with Crippen LogP contribution in [0.15, 0.2) is 39.2 Å². The van der Waals surface area contributed by atoms with Gasteiger partial charge >= 0.3 is 0 Å². The standard InChI is InChI=1S/C15H14N2O3/c1-3-11-5-7-13(20-11)15(18)17-10-4-6-12-14(8-10)19-9(2)16-12/h4-8H,3H2,1-2H3,(H,17,18). The van der Waals surface area contributed by atoms with Crippen LogP contribution in [0, 0.1) is 6.92 Å². The summed E-state index contributed by atoms with van der Waals surface area (Å²) in [5, 5.41) is 2.78. The molecule has 1 aromatic carbocycles. The highest BCUT2D eigenvalue weighted by molar-refractivity contribution is 6.03. The number of amides is 1. The second-order valence-corrected chi connectivity index (χ2v) is 4.49. The fraction of sp³-hybridized carbons (Fsp3) is 0.200. The number of nitrogens with one attached hydrogen (secondary N) is 1. The third-order valence-corrected chi connectivity index (χ3v) is 2.99. The predicted molar refractivity (Wildman–Crippen MR) is 74.8 cm³/mol. The minimum Gasteiger partial charge on any atom is -0.456 e. The summed E-state index contributed by atoms with van der Waals surface area (Å²) in [7, 11) is 0. The molecule has 5 nitrogen and oxygen atoms in total. The van der Waals surface area contributed by atoms with Gasteiger partial charge in [0.05, 0.1) is 0 Å². The van der Waals surface area contributed by atoms with Crippen LogP contribution in [0.3, 0.4) is 0 Å². The maximum Gasteiger partial charge on any atom is 0.291 e. The van der Waals surface area contributed by atoms with Gasteiger partial charge in [0.15, 0.2) is 17.2 Å². The molecular formula is C15H14N2O3. The highest BCUT2D eigenvalue weighted by Crippen LogP contribution is 2.20. The highest BCUT2D eigenvalue weighted by Gasteiger charge is 2.12. The van der Waals surface area contributed by atoms with E-state index in [0.29, 0.717) is 22.9 Å². The Labute approximate surface area is 115 Å². The van der Waals surface area contributed by atoms with Crippen LogP contribution in [0.2, 0.25) is 0 Å². The molecular weight excluding hydrogens is 256 g/mol. The van der Waals surface area contributed by atoms with Crippen molar-refractivity contribution in [3.63, 3.8) is 0 Å². The molecule has 0 atom stereocenters. The number of oxazole rings is 1. The van der Waals surface area contributed by atoms with E-state index in [2.05, 4.69) is 10.3 Å².